The zero-order chi connectivity index (χ0) is 43.7. The fourth-order valence-electron chi connectivity index (χ4n) is 11.4. The molecule has 3 aromatic heterocycles. The molecule has 0 bridgehead atoms. The van der Waals surface area contributed by atoms with Crippen molar-refractivity contribution in [1.82, 2.24) is 0 Å². The van der Waals surface area contributed by atoms with Crippen LogP contribution in [0.3, 0.4) is 0 Å². The third kappa shape index (κ3) is 5.41. The number of hydrogen-bond acceptors (Lipinski definition) is 3. The predicted molar refractivity (Wildman–Crippen MR) is 291 cm³/mol. The van der Waals surface area contributed by atoms with Gasteiger partial charge in [0.25, 0.3) is 0 Å². The Kier molecular flexibility index (Phi) is 7.88. The zero-order valence-electron chi connectivity index (χ0n) is 36.0. The molecule has 0 aliphatic carbocycles. The molecular formula is C64H36OS2. The summed E-state index contributed by atoms with van der Waals surface area (Å²) < 4.78 is 12.3. The van der Waals surface area contributed by atoms with Crippen LogP contribution in [0.2, 0.25) is 0 Å². The van der Waals surface area contributed by atoms with Gasteiger partial charge in [0, 0.05) is 62.2 Å². The van der Waals surface area contributed by atoms with Crippen molar-refractivity contribution in [3.05, 3.63) is 218 Å². The first-order valence-electron chi connectivity index (χ1n) is 22.9. The minimum atomic E-state index is 0.884. The van der Waals surface area contributed by atoms with Crippen LogP contribution < -0.4 is 0 Å². The van der Waals surface area contributed by atoms with Gasteiger partial charge in [-0.3, -0.25) is 0 Å². The molecule has 12 aromatic carbocycles. The van der Waals surface area contributed by atoms with E-state index in [-0.39, 0.29) is 0 Å². The van der Waals surface area contributed by atoms with Crippen LogP contribution >= 0.6 is 22.7 Å². The number of benzene rings is 12. The van der Waals surface area contributed by atoms with E-state index in [0.29, 0.717) is 0 Å². The normalized spacial score (nSPS) is 12.2. The second-order valence-electron chi connectivity index (χ2n) is 17.8. The van der Waals surface area contributed by atoms with Gasteiger partial charge in [0.15, 0.2) is 0 Å². The smallest absolute Gasteiger partial charge is 0.143 e. The third-order valence-corrected chi connectivity index (χ3v) is 16.6. The summed E-state index contributed by atoms with van der Waals surface area (Å²) in [5.41, 5.74) is 11.5. The molecule has 0 aliphatic rings. The van der Waals surface area contributed by atoms with Gasteiger partial charge < -0.3 is 4.42 Å². The van der Waals surface area contributed by atoms with Crippen LogP contribution in [-0.4, -0.2) is 0 Å². The topological polar surface area (TPSA) is 13.1 Å². The summed E-state index contributed by atoms with van der Waals surface area (Å²) in [6.45, 7) is 0. The molecule has 0 amide bonds. The van der Waals surface area contributed by atoms with E-state index < -0.39 is 0 Å². The first-order chi connectivity index (χ1) is 33.2. The summed E-state index contributed by atoms with van der Waals surface area (Å²) in [5, 5.41) is 17.4. The molecule has 67 heavy (non-hydrogen) atoms. The number of para-hydroxylation sites is 1. The monoisotopic (exact) mass is 884 g/mol. The molecule has 0 N–H and O–H groups in total. The number of rotatable bonds is 4. The predicted octanol–water partition coefficient (Wildman–Crippen LogP) is 19.6. The summed E-state index contributed by atoms with van der Waals surface area (Å²) in [6.07, 6.45) is 0. The molecule has 3 heterocycles. The molecular weight excluding hydrogens is 849 g/mol. The van der Waals surface area contributed by atoms with Gasteiger partial charge in [0.05, 0.1) is 0 Å². The van der Waals surface area contributed by atoms with E-state index in [2.05, 4.69) is 218 Å². The van der Waals surface area contributed by atoms with E-state index in [4.69, 9.17) is 4.42 Å². The summed E-state index contributed by atoms with van der Waals surface area (Å²) in [6, 6.07) is 80.9. The molecule has 3 heteroatoms. The van der Waals surface area contributed by atoms with Crippen molar-refractivity contribution < 1.29 is 4.42 Å². The summed E-state index contributed by atoms with van der Waals surface area (Å²) in [4.78, 5) is 0. The van der Waals surface area contributed by atoms with Gasteiger partial charge in [-0.2, -0.15) is 0 Å². The van der Waals surface area contributed by atoms with E-state index in [1.807, 2.05) is 22.7 Å². The number of hydrogen-bond donors (Lipinski definition) is 0. The van der Waals surface area contributed by atoms with Crippen LogP contribution in [0.5, 0.6) is 0 Å². The maximum atomic E-state index is 7.03. The van der Waals surface area contributed by atoms with Gasteiger partial charge in [0.1, 0.15) is 11.2 Å². The van der Waals surface area contributed by atoms with Crippen LogP contribution in [0.25, 0.3) is 150 Å². The zero-order valence-corrected chi connectivity index (χ0v) is 37.6. The molecule has 0 atom stereocenters. The highest BCUT2D eigenvalue weighted by atomic mass is 32.1. The van der Waals surface area contributed by atoms with Crippen molar-refractivity contribution in [3.63, 3.8) is 0 Å². The largest absolute Gasteiger partial charge is 0.455 e. The molecule has 0 saturated carbocycles. The van der Waals surface area contributed by atoms with Crippen molar-refractivity contribution in [3.8, 4) is 44.5 Å². The highest BCUT2D eigenvalue weighted by molar-refractivity contribution is 7.26. The van der Waals surface area contributed by atoms with Gasteiger partial charge in [-0.05, 0) is 125 Å². The van der Waals surface area contributed by atoms with Crippen molar-refractivity contribution in [2.45, 2.75) is 0 Å². The molecule has 0 unspecified atom stereocenters. The Hall–Kier alpha value is -8.08. The average molecular weight is 885 g/mol. The first-order valence-corrected chi connectivity index (χ1v) is 24.5. The van der Waals surface area contributed by atoms with Crippen LogP contribution in [0, 0.1) is 0 Å². The van der Waals surface area contributed by atoms with Crippen molar-refractivity contribution in [1.29, 1.82) is 0 Å². The average Bonchev–Trinajstić information content (AvgIpc) is 4.08. The van der Waals surface area contributed by atoms with Crippen molar-refractivity contribution >= 4 is 128 Å². The highest BCUT2D eigenvalue weighted by Gasteiger charge is 2.23. The van der Waals surface area contributed by atoms with Gasteiger partial charge in [-0.1, -0.05) is 170 Å². The minimum absolute atomic E-state index is 0.884. The lowest BCUT2D eigenvalue weighted by Gasteiger charge is -2.18. The van der Waals surface area contributed by atoms with Crippen LogP contribution in [0.15, 0.2) is 223 Å². The fraction of sp³-hybridized carbons (Fsp3) is 0. The fourth-order valence-corrected chi connectivity index (χ4v) is 13.6. The van der Waals surface area contributed by atoms with Crippen LogP contribution in [-0.2, 0) is 0 Å². The highest BCUT2D eigenvalue weighted by Crippen LogP contribution is 2.50. The van der Waals surface area contributed by atoms with E-state index in [1.165, 1.54) is 122 Å². The van der Waals surface area contributed by atoms with E-state index in [1.54, 1.807) is 0 Å². The van der Waals surface area contributed by atoms with Gasteiger partial charge in [-0.25, -0.2) is 0 Å². The quantitative estimate of drug-likeness (QED) is 0.161. The molecule has 0 fully saturated rings. The second-order valence-corrected chi connectivity index (χ2v) is 20.0. The molecule has 0 aliphatic heterocycles. The minimum Gasteiger partial charge on any atom is -0.455 e. The number of fused-ring (bicyclic) bond motifs is 13. The molecule has 0 saturated heterocycles. The lowest BCUT2D eigenvalue weighted by molar-refractivity contribution is 0.670. The maximum absolute atomic E-state index is 7.03. The van der Waals surface area contributed by atoms with Crippen molar-refractivity contribution in [2.75, 3.05) is 0 Å². The Morgan fingerprint density at radius 2 is 0.582 bits per heavy atom. The SMILES string of the molecule is c1ccc2c(c1)sc1ccc(-c3c4ccccc4c(-c4ccc5oc6c(-c7c8ccccc8c(-c8ccc9sc%10ccccc%10c9c8)c8ccccc78)cccc6c5c4)c4ccccc34)cc12. The Bertz CT molecular complexity index is 4470. The summed E-state index contributed by atoms with van der Waals surface area (Å²) in [5.74, 6) is 0. The Morgan fingerprint density at radius 3 is 1.03 bits per heavy atom. The lowest BCUT2D eigenvalue weighted by Crippen LogP contribution is -1.91. The Labute approximate surface area is 393 Å². The Balaban J connectivity index is 0.936. The van der Waals surface area contributed by atoms with Gasteiger partial charge >= 0.3 is 0 Å². The third-order valence-electron chi connectivity index (χ3n) is 14.2. The van der Waals surface area contributed by atoms with E-state index in [0.717, 1.165) is 27.5 Å². The second kappa shape index (κ2) is 14.2. The van der Waals surface area contributed by atoms with Gasteiger partial charge in [-0.15, -0.1) is 22.7 Å². The Morgan fingerprint density at radius 1 is 0.239 bits per heavy atom. The van der Waals surface area contributed by atoms with Crippen LogP contribution in [0.4, 0.5) is 0 Å². The molecule has 1 nitrogen and oxygen atoms in total. The first kappa shape index (κ1) is 37.2. The lowest BCUT2D eigenvalue weighted by atomic mass is 9.85. The molecule has 0 spiro atoms. The number of furan rings is 1. The maximum Gasteiger partial charge on any atom is 0.143 e. The molecule has 15 rings (SSSR count). The standard InChI is InChI=1S/C64H36OS2/c1-3-18-44-42(16-1)60(43-17-2-4-19-45(43)61(44)38-29-32-58-53(35-38)40-14-9-11-26-56(40)66-58)37-28-31-55-52(34-37)50-24-13-25-51(64(50)65-55)63-48-22-7-5-20-46(48)62(47-21-6-8-23-49(47)63)39-30-33-59-54(36-39)41-15-10-12-27-57(41)67-59/h1-36H. The summed E-state index contributed by atoms with van der Waals surface area (Å²) in [7, 11) is 0. The number of thiophene rings is 2. The molecule has 310 valence electrons. The van der Waals surface area contributed by atoms with E-state index >= 15 is 0 Å². The molecule has 0 radical (unpaired) electrons. The van der Waals surface area contributed by atoms with E-state index in [9.17, 15) is 0 Å². The molecule has 15 aromatic rings. The van der Waals surface area contributed by atoms with Gasteiger partial charge in [0.2, 0.25) is 0 Å². The van der Waals surface area contributed by atoms with Crippen LogP contribution in [0.1, 0.15) is 0 Å². The summed E-state index contributed by atoms with van der Waals surface area (Å²) >= 11 is 3.73. The van der Waals surface area contributed by atoms with Crippen molar-refractivity contribution in [2.24, 2.45) is 0 Å².